The number of esters is 2. The number of ether oxygens (including phenoxy) is 2. The molecule has 0 aliphatic carbocycles. The van der Waals surface area contributed by atoms with Gasteiger partial charge in [-0.2, -0.15) is 0 Å². The van der Waals surface area contributed by atoms with E-state index in [9.17, 15) is 9.59 Å². The van der Waals surface area contributed by atoms with Gasteiger partial charge in [0.2, 0.25) is 0 Å². The molecule has 0 saturated carbocycles. The van der Waals surface area contributed by atoms with Crippen molar-refractivity contribution in [2.75, 3.05) is 0 Å². The van der Waals surface area contributed by atoms with Crippen molar-refractivity contribution in [3.05, 3.63) is 89.8 Å². The molecule has 7 nitrogen and oxygen atoms in total. The monoisotopic (exact) mass is 377 g/mol. The van der Waals surface area contributed by atoms with Crippen molar-refractivity contribution in [1.82, 2.24) is 15.0 Å². The van der Waals surface area contributed by atoms with Crippen LogP contribution in [0.4, 0.5) is 0 Å². The van der Waals surface area contributed by atoms with Gasteiger partial charge in [0.05, 0.1) is 11.4 Å². The molecule has 142 valence electrons. The number of pyridine rings is 3. The van der Waals surface area contributed by atoms with Gasteiger partial charge >= 0.3 is 11.9 Å². The van der Waals surface area contributed by atoms with Crippen LogP contribution in [0.2, 0.25) is 0 Å². The molecular weight excluding hydrogens is 358 g/mol. The van der Waals surface area contributed by atoms with Gasteiger partial charge in [-0.15, -0.1) is 0 Å². The number of rotatable bonds is 6. The van der Waals surface area contributed by atoms with Gasteiger partial charge in [0.1, 0.15) is 23.6 Å². The Morgan fingerprint density at radius 1 is 0.714 bits per heavy atom. The summed E-state index contributed by atoms with van der Waals surface area (Å²) < 4.78 is 10.8. The van der Waals surface area contributed by atoms with Crippen LogP contribution in [0.5, 0.6) is 0 Å². The lowest BCUT2D eigenvalue weighted by atomic mass is 10.2. The van der Waals surface area contributed by atoms with Crippen molar-refractivity contribution in [2.24, 2.45) is 0 Å². The van der Waals surface area contributed by atoms with Crippen LogP contribution in [0.1, 0.15) is 58.4 Å². The van der Waals surface area contributed by atoms with E-state index in [0.29, 0.717) is 11.4 Å². The summed E-state index contributed by atoms with van der Waals surface area (Å²) in [5, 5.41) is 0. The maximum absolute atomic E-state index is 12.4. The number of carbonyl (C=O) groups excluding carboxylic acids is 2. The Balaban J connectivity index is 1.67. The Kier molecular flexibility index (Phi) is 6.06. The third-order valence-corrected chi connectivity index (χ3v) is 3.94. The molecule has 0 fully saturated rings. The van der Waals surface area contributed by atoms with Gasteiger partial charge in [0.15, 0.2) is 0 Å². The molecular formula is C21H19N3O4. The molecule has 0 aliphatic rings. The van der Waals surface area contributed by atoms with Crippen molar-refractivity contribution >= 4 is 11.9 Å². The summed E-state index contributed by atoms with van der Waals surface area (Å²) in [7, 11) is 0. The first kappa shape index (κ1) is 19.2. The average Bonchev–Trinajstić information content (AvgIpc) is 2.75. The number of hydrogen-bond acceptors (Lipinski definition) is 7. The van der Waals surface area contributed by atoms with E-state index in [-0.39, 0.29) is 11.4 Å². The van der Waals surface area contributed by atoms with E-state index in [1.807, 2.05) is 12.1 Å². The molecule has 28 heavy (non-hydrogen) atoms. The van der Waals surface area contributed by atoms with Crippen LogP contribution in [0, 0.1) is 0 Å². The van der Waals surface area contributed by atoms with Crippen molar-refractivity contribution in [3.63, 3.8) is 0 Å². The second-order valence-corrected chi connectivity index (χ2v) is 6.01. The minimum absolute atomic E-state index is 0.0164. The molecule has 3 heterocycles. The highest BCUT2D eigenvalue weighted by molar-refractivity contribution is 5.91. The van der Waals surface area contributed by atoms with Crippen LogP contribution in [0.25, 0.3) is 0 Å². The van der Waals surface area contributed by atoms with Gasteiger partial charge in [-0.3, -0.25) is 9.97 Å². The fourth-order valence-corrected chi connectivity index (χ4v) is 2.46. The molecule has 7 heteroatoms. The largest absolute Gasteiger partial charge is 0.451 e. The highest BCUT2D eigenvalue weighted by atomic mass is 16.5. The molecule has 0 aliphatic heterocycles. The summed E-state index contributed by atoms with van der Waals surface area (Å²) in [6.45, 7) is 3.43. The zero-order valence-corrected chi connectivity index (χ0v) is 15.5. The van der Waals surface area contributed by atoms with Gasteiger partial charge in [-0.25, -0.2) is 14.6 Å². The smallest absolute Gasteiger partial charge is 0.357 e. The van der Waals surface area contributed by atoms with Crippen molar-refractivity contribution in [3.8, 4) is 0 Å². The van der Waals surface area contributed by atoms with E-state index >= 15 is 0 Å². The lowest BCUT2D eigenvalue weighted by molar-refractivity contribution is 0.0313. The Hall–Kier alpha value is -3.61. The van der Waals surface area contributed by atoms with Crippen LogP contribution in [-0.2, 0) is 9.47 Å². The Bertz CT molecular complexity index is 873. The van der Waals surface area contributed by atoms with Gasteiger partial charge in [-0.1, -0.05) is 18.2 Å². The van der Waals surface area contributed by atoms with E-state index < -0.39 is 24.1 Å². The first-order chi connectivity index (χ1) is 13.5. The lowest BCUT2D eigenvalue weighted by Crippen LogP contribution is -2.16. The molecule has 0 saturated heterocycles. The summed E-state index contributed by atoms with van der Waals surface area (Å²) in [6, 6.07) is 15.2. The third-order valence-electron chi connectivity index (χ3n) is 3.94. The Morgan fingerprint density at radius 2 is 1.18 bits per heavy atom. The van der Waals surface area contributed by atoms with Crippen molar-refractivity contribution < 1.29 is 19.1 Å². The third kappa shape index (κ3) is 4.76. The highest BCUT2D eigenvalue weighted by Gasteiger charge is 2.20. The maximum Gasteiger partial charge on any atom is 0.357 e. The van der Waals surface area contributed by atoms with Gasteiger partial charge in [0.25, 0.3) is 0 Å². The number of hydrogen-bond donors (Lipinski definition) is 0. The standard InChI is InChI=1S/C21H19N3O4/c1-14(16-8-3-5-12-22-16)27-20(25)18-10-7-11-19(24-18)21(26)28-15(2)17-9-4-6-13-23-17/h3-15H,1-2H3/t14-,15-/m0/s1. The molecule has 3 rings (SSSR count). The van der Waals surface area contributed by atoms with E-state index in [2.05, 4.69) is 15.0 Å². The molecule has 0 aromatic carbocycles. The van der Waals surface area contributed by atoms with E-state index in [1.54, 1.807) is 56.6 Å². The summed E-state index contributed by atoms with van der Waals surface area (Å²) in [4.78, 5) is 37.1. The minimum atomic E-state index is -0.648. The first-order valence-corrected chi connectivity index (χ1v) is 8.75. The summed E-state index contributed by atoms with van der Waals surface area (Å²) in [5.74, 6) is -1.30. The second-order valence-electron chi connectivity index (χ2n) is 6.01. The molecule has 0 N–H and O–H groups in total. The Labute approximate surface area is 162 Å². The van der Waals surface area contributed by atoms with Crippen LogP contribution in [0.3, 0.4) is 0 Å². The fourth-order valence-electron chi connectivity index (χ4n) is 2.46. The summed E-state index contributed by atoms with van der Waals surface area (Å²) in [5.41, 5.74) is 1.27. The van der Waals surface area contributed by atoms with E-state index in [1.165, 1.54) is 12.1 Å². The number of nitrogens with zero attached hydrogens (tertiary/aromatic N) is 3. The van der Waals surface area contributed by atoms with Crippen LogP contribution >= 0.6 is 0 Å². The second kappa shape index (κ2) is 8.85. The molecule has 3 aromatic heterocycles. The highest BCUT2D eigenvalue weighted by Crippen LogP contribution is 2.17. The van der Waals surface area contributed by atoms with E-state index in [0.717, 1.165) is 0 Å². The minimum Gasteiger partial charge on any atom is -0.451 e. The summed E-state index contributed by atoms with van der Waals surface area (Å²) >= 11 is 0. The molecule has 0 radical (unpaired) electrons. The predicted octanol–water partition coefficient (Wildman–Crippen LogP) is 3.71. The molecule has 2 atom stereocenters. The Morgan fingerprint density at radius 3 is 1.57 bits per heavy atom. The number of aromatic nitrogens is 3. The average molecular weight is 377 g/mol. The van der Waals surface area contributed by atoms with Crippen LogP contribution in [0.15, 0.2) is 67.0 Å². The molecule has 0 amide bonds. The lowest BCUT2D eigenvalue weighted by Gasteiger charge is -2.14. The molecule has 0 spiro atoms. The predicted molar refractivity (Wildman–Crippen MR) is 100 cm³/mol. The SMILES string of the molecule is C[C@H](OC(=O)c1cccc(C(=O)O[C@@H](C)c2ccccn2)n1)c1ccccn1. The van der Waals surface area contributed by atoms with Crippen molar-refractivity contribution in [2.45, 2.75) is 26.1 Å². The molecule has 3 aromatic rings. The summed E-state index contributed by atoms with van der Waals surface area (Å²) in [6.07, 6.45) is 2.15. The van der Waals surface area contributed by atoms with Gasteiger partial charge in [0, 0.05) is 12.4 Å². The van der Waals surface area contributed by atoms with Gasteiger partial charge in [-0.05, 0) is 50.2 Å². The zero-order valence-electron chi connectivity index (χ0n) is 15.5. The fraction of sp³-hybridized carbons (Fsp3) is 0.190. The molecule has 0 unspecified atom stereocenters. The normalized spacial score (nSPS) is 12.6. The quantitative estimate of drug-likeness (QED) is 0.605. The van der Waals surface area contributed by atoms with Gasteiger partial charge < -0.3 is 9.47 Å². The zero-order chi connectivity index (χ0) is 19.9. The topological polar surface area (TPSA) is 91.3 Å². The van der Waals surface area contributed by atoms with Crippen LogP contribution in [-0.4, -0.2) is 26.9 Å². The maximum atomic E-state index is 12.4. The molecule has 0 bridgehead atoms. The van der Waals surface area contributed by atoms with E-state index in [4.69, 9.17) is 9.47 Å². The van der Waals surface area contributed by atoms with Crippen LogP contribution < -0.4 is 0 Å². The first-order valence-electron chi connectivity index (χ1n) is 8.75. The van der Waals surface area contributed by atoms with Crippen molar-refractivity contribution in [1.29, 1.82) is 0 Å². The number of carbonyl (C=O) groups is 2.